The minimum atomic E-state index is -0.177. The van der Waals surface area contributed by atoms with Gasteiger partial charge in [0.05, 0.1) is 13.2 Å². The fourth-order valence-corrected chi connectivity index (χ4v) is 1.40. The molecule has 4 nitrogen and oxygen atoms in total. The number of esters is 1. The third kappa shape index (κ3) is 7.33. The molecule has 0 spiro atoms. The minimum absolute atomic E-state index is 0.177. The van der Waals surface area contributed by atoms with Crippen molar-refractivity contribution in [1.29, 1.82) is 0 Å². The lowest BCUT2D eigenvalue weighted by Crippen LogP contribution is -2.41. The van der Waals surface area contributed by atoms with Crippen LogP contribution in [0.15, 0.2) is 0 Å². The van der Waals surface area contributed by atoms with Crippen molar-refractivity contribution in [3.8, 4) is 0 Å². The zero-order valence-electron chi connectivity index (χ0n) is 10.4. The van der Waals surface area contributed by atoms with E-state index in [2.05, 4.69) is 31.0 Å². The van der Waals surface area contributed by atoms with Crippen LogP contribution in [0.1, 0.15) is 27.7 Å². The van der Waals surface area contributed by atoms with Crippen LogP contribution in [0.5, 0.6) is 0 Å². The molecule has 0 aromatic heterocycles. The van der Waals surface area contributed by atoms with Crippen molar-refractivity contribution in [2.24, 2.45) is 0 Å². The molecule has 0 aliphatic heterocycles. The Hall–Kier alpha value is -0.610. The van der Waals surface area contributed by atoms with Gasteiger partial charge in [-0.15, -0.1) is 0 Å². The first kappa shape index (κ1) is 14.4. The van der Waals surface area contributed by atoms with E-state index in [4.69, 9.17) is 4.74 Å². The third-order valence-corrected chi connectivity index (χ3v) is 2.33. The second-order valence-electron chi connectivity index (χ2n) is 3.57. The van der Waals surface area contributed by atoms with Crippen molar-refractivity contribution in [3.05, 3.63) is 0 Å². The Balaban J connectivity index is 3.64. The Morgan fingerprint density at radius 2 is 1.93 bits per heavy atom. The molecule has 0 aliphatic carbocycles. The summed E-state index contributed by atoms with van der Waals surface area (Å²) in [5.41, 5.74) is 0. The molecule has 0 heterocycles. The van der Waals surface area contributed by atoms with Crippen LogP contribution >= 0.6 is 0 Å². The van der Waals surface area contributed by atoms with Crippen LogP contribution in [0.3, 0.4) is 0 Å². The second kappa shape index (κ2) is 8.68. The van der Waals surface area contributed by atoms with E-state index in [-0.39, 0.29) is 5.97 Å². The molecule has 0 radical (unpaired) electrons. The lowest BCUT2D eigenvalue weighted by atomic mass is 10.3. The average Bonchev–Trinajstić information content (AvgIpc) is 2.23. The summed E-state index contributed by atoms with van der Waals surface area (Å²) in [7, 11) is 0. The van der Waals surface area contributed by atoms with E-state index in [1.54, 1.807) is 0 Å². The molecule has 1 unspecified atom stereocenters. The van der Waals surface area contributed by atoms with E-state index >= 15 is 0 Å². The van der Waals surface area contributed by atoms with Gasteiger partial charge >= 0.3 is 5.97 Å². The number of rotatable bonds is 8. The summed E-state index contributed by atoms with van der Waals surface area (Å²) < 4.78 is 4.83. The van der Waals surface area contributed by atoms with E-state index < -0.39 is 0 Å². The highest BCUT2D eigenvalue weighted by Gasteiger charge is 2.08. The van der Waals surface area contributed by atoms with Gasteiger partial charge in [-0.25, -0.2) is 0 Å². The first-order valence-corrected chi connectivity index (χ1v) is 5.75. The van der Waals surface area contributed by atoms with Gasteiger partial charge in [0, 0.05) is 12.6 Å². The van der Waals surface area contributed by atoms with Crippen LogP contribution in [-0.2, 0) is 9.53 Å². The lowest BCUT2D eigenvalue weighted by molar-refractivity contribution is -0.142. The normalized spacial score (nSPS) is 12.9. The molecule has 1 atom stereocenters. The van der Waals surface area contributed by atoms with Crippen LogP contribution < -0.4 is 5.32 Å². The summed E-state index contributed by atoms with van der Waals surface area (Å²) in [6.45, 7) is 12.0. The highest BCUT2D eigenvalue weighted by Crippen LogP contribution is 1.91. The molecule has 0 aromatic carbocycles. The molecule has 0 bridgehead atoms. The van der Waals surface area contributed by atoms with Gasteiger partial charge in [-0.2, -0.15) is 0 Å². The quantitative estimate of drug-likeness (QED) is 0.611. The topological polar surface area (TPSA) is 41.6 Å². The van der Waals surface area contributed by atoms with Crippen molar-refractivity contribution in [3.63, 3.8) is 0 Å². The van der Waals surface area contributed by atoms with Crippen LogP contribution in [0.25, 0.3) is 0 Å². The monoisotopic (exact) mass is 216 g/mol. The maximum atomic E-state index is 11.1. The van der Waals surface area contributed by atoms with E-state index in [1.807, 2.05) is 6.92 Å². The summed E-state index contributed by atoms with van der Waals surface area (Å²) in [6, 6.07) is 0.314. The van der Waals surface area contributed by atoms with Gasteiger partial charge < -0.3 is 15.0 Å². The number of nitrogens with zero attached hydrogens (tertiary/aromatic N) is 1. The zero-order chi connectivity index (χ0) is 11.7. The number of hydrogen-bond acceptors (Lipinski definition) is 4. The molecule has 0 rings (SSSR count). The molecule has 15 heavy (non-hydrogen) atoms. The molecule has 0 saturated heterocycles. The maximum absolute atomic E-state index is 11.1. The van der Waals surface area contributed by atoms with Crippen molar-refractivity contribution in [2.75, 3.05) is 32.8 Å². The number of ether oxygens (including phenoxy) is 1. The van der Waals surface area contributed by atoms with E-state index in [0.29, 0.717) is 19.2 Å². The van der Waals surface area contributed by atoms with Crippen LogP contribution in [0, 0.1) is 0 Å². The van der Waals surface area contributed by atoms with Crippen LogP contribution in [-0.4, -0.2) is 49.7 Å². The number of nitrogens with one attached hydrogen (secondary N) is 1. The minimum Gasteiger partial charge on any atom is -0.465 e. The van der Waals surface area contributed by atoms with Gasteiger partial charge in [-0.05, 0) is 26.9 Å². The average molecular weight is 216 g/mol. The molecule has 0 saturated carbocycles. The number of carbonyl (C=O) groups excluding carboxylic acids is 1. The van der Waals surface area contributed by atoms with Crippen molar-refractivity contribution in [1.82, 2.24) is 10.2 Å². The van der Waals surface area contributed by atoms with Crippen molar-refractivity contribution < 1.29 is 9.53 Å². The Kier molecular flexibility index (Phi) is 8.33. The van der Waals surface area contributed by atoms with Crippen molar-refractivity contribution >= 4 is 5.97 Å². The smallest absolute Gasteiger partial charge is 0.319 e. The first-order valence-electron chi connectivity index (χ1n) is 5.75. The van der Waals surface area contributed by atoms with Gasteiger partial charge in [0.15, 0.2) is 0 Å². The Morgan fingerprint density at radius 3 is 2.40 bits per heavy atom. The van der Waals surface area contributed by atoms with Gasteiger partial charge in [0.25, 0.3) is 0 Å². The molecule has 4 heteroatoms. The molecule has 0 aromatic rings. The van der Waals surface area contributed by atoms with Crippen LogP contribution in [0.4, 0.5) is 0 Å². The number of hydrogen-bond donors (Lipinski definition) is 1. The van der Waals surface area contributed by atoms with Crippen LogP contribution in [0.2, 0.25) is 0 Å². The van der Waals surface area contributed by atoms with Gasteiger partial charge in [-0.1, -0.05) is 13.8 Å². The lowest BCUT2D eigenvalue weighted by Gasteiger charge is -2.23. The standard InChI is InChI=1S/C11H24N2O2/c1-5-13(6-2)9-10(4)12-8-11(14)15-7-3/h10,12H,5-9H2,1-4H3. The summed E-state index contributed by atoms with van der Waals surface area (Å²) in [5.74, 6) is -0.177. The highest BCUT2D eigenvalue weighted by atomic mass is 16.5. The molecular weight excluding hydrogens is 192 g/mol. The molecule has 0 amide bonds. The first-order chi connectivity index (χ1) is 7.13. The summed E-state index contributed by atoms with van der Waals surface area (Å²) in [5, 5.41) is 3.15. The molecule has 1 N–H and O–H groups in total. The van der Waals surface area contributed by atoms with Gasteiger partial charge in [0.1, 0.15) is 0 Å². The predicted octanol–water partition coefficient (Wildman–Crippen LogP) is 0.869. The van der Waals surface area contributed by atoms with Gasteiger partial charge in [0.2, 0.25) is 0 Å². The number of carbonyl (C=O) groups is 1. The summed E-state index contributed by atoms with van der Waals surface area (Å²) in [4.78, 5) is 13.4. The highest BCUT2D eigenvalue weighted by molar-refractivity contribution is 5.71. The molecular formula is C11H24N2O2. The molecule has 0 aliphatic rings. The fraction of sp³-hybridized carbons (Fsp3) is 0.909. The van der Waals surface area contributed by atoms with E-state index in [1.165, 1.54) is 0 Å². The molecule has 0 fully saturated rings. The number of likely N-dealkylation sites (N-methyl/N-ethyl adjacent to an activating group) is 1. The Morgan fingerprint density at radius 1 is 1.33 bits per heavy atom. The third-order valence-electron chi connectivity index (χ3n) is 2.33. The SMILES string of the molecule is CCOC(=O)CNC(C)CN(CC)CC. The summed E-state index contributed by atoms with van der Waals surface area (Å²) >= 11 is 0. The summed E-state index contributed by atoms with van der Waals surface area (Å²) in [6.07, 6.45) is 0. The largest absolute Gasteiger partial charge is 0.465 e. The van der Waals surface area contributed by atoms with E-state index in [0.717, 1.165) is 19.6 Å². The molecule has 90 valence electrons. The Labute approximate surface area is 93.0 Å². The predicted molar refractivity (Wildman–Crippen MR) is 61.9 cm³/mol. The zero-order valence-corrected chi connectivity index (χ0v) is 10.4. The second-order valence-corrected chi connectivity index (χ2v) is 3.57. The Bertz CT molecular complexity index is 170. The fourth-order valence-electron chi connectivity index (χ4n) is 1.40. The maximum Gasteiger partial charge on any atom is 0.319 e. The van der Waals surface area contributed by atoms with Gasteiger partial charge in [-0.3, -0.25) is 4.79 Å². The van der Waals surface area contributed by atoms with E-state index in [9.17, 15) is 4.79 Å². The van der Waals surface area contributed by atoms with Crippen molar-refractivity contribution in [2.45, 2.75) is 33.7 Å².